The summed E-state index contributed by atoms with van der Waals surface area (Å²) >= 11 is 3.05. The molecule has 3 aromatic heterocycles. The van der Waals surface area contributed by atoms with E-state index < -0.39 is 11.7 Å². The molecule has 9 heteroatoms. The minimum Gasteiger partial charge on any atom is -0.344 e. The van der Waals surface area contributed by atoms with E-state index in [1.165, 1.54) is 31.6 Å². The number of aromatic nitrogens is 4. The number of fused-ring (bicyclic) bond motifs is 1. The van der Waals surface area contributed by atoms with E-state index in [1.807, 2.05) is 0 Å². The zero-order chi connectivity index (χ0) is 15.9. The summed E-state index contributed by atoms with van der Waals surface area (Å²) in [6.07, 6.45) is 2.77. The number of aryl methyl sites for hydroxylation is 1. The molecule has 1 amide bonds. The lowest BCUT2D eigenvalue weighted by atomic mass is 10.3. The number of amides is 1. The Morgan fingerprint density at radius 3 is 2.95 bits per heavy atom. The van der Waals surface area contributed by atoms with E-state index in [9.17, 15) is 14.0 Å². The Hall–Kier alpha value is -2.55. The van der Waals surface area contributed by atoms with Crippen LogP contribution in [-0.2, 0) is 7.05 Å². The van der Waals surface area contributed by atoms with Crippen molar-refractivity contribution < 1.29 is 9.18 Å². The van der Waals surface area contributed by atoms with Gasteiger partial charge in [-0.15, -0.1) is 0 Å². The van der Waals surface area contributed by atoms with Gasteiger partial charge >= 0.3 is 0 Å². The van der Waals surface area contributed by atoms with Gasteiger partial charge in [-0.2, -0.15) is 5.10 Å². The third kappa shape index (κ3) is 2.39. The van der Waals surface area contributed by atoms with E-state index in [4.69, 9.17) is 0 Å². The van der Waals surface area contributed by atoms with Crippen molar-refractivity contribution in [3.8, 4) is 0 Å². The van der Waals surface area contributed by atoms with E-state index in [0.29, 0.717) is 5.65 Å². The van der Waals surface area contributed by atoms with Crippen molar-refractivity contribution in [3.05, 3.63) is 50.9 Å². The van der Waals surface area contributed by atoms with Gasteiger partial charge in [0.1, 0.15) is 11.3 Å². The summed E-state index contributed by atoms with van der Waals surface area (Å²) in [7, 11) is 1.44. The normalized spacial score (nSPS) is 10.9. The van der Waals surface area contributed by atoms with Gasteiger partial charge in [-0.25, -0.2) is 14.1 Å². The number of hydrogen-bond acceptors (Lipinski definition) is 4. The molecule has 0 aliphatic carbocycles. The van der Waals surface area contributed by atoms with Crippen LogP contribution in [0.3, 0.4) is 0 Å². The van der Waals surface area contributed by atoms with Crippen LogP contribution in [-0.4, -0.2) is 25.7 Å². The van der Waals surface area contributed by atoms with E-state index >= 15 is 0 Å². The lowest BCUT2D eigenvalue weighted by molar-refractivity contribution is 0.102. The Morgan fingerprint density at radius 2 is 2.23 bits per heavy atom. The topological polar surface area (TPSA) is 92.7 Å². The summed E-state index contributed by atoms with van der Waals surface area (Å²) in [6.45, 7) is 0. The molecule has 7 nitrogen and oxygen atoms in total. The Kier molecular flexibility index (Phi) is 3.49. The zero-order valence-electron chi connectivity index (χ0n) is 11.2. The highest BCUT2D eigenvalue weighted by atomic mass is 79.9. The number of nitrogens with zero attached hydrogens (tertiary/aromatic N) is 3. The summed E-state index contributed by atoms with van der Waals surface area (Å²) in [5.74, 6) is -1.09. The summed E-state index contributed by atoms with van der Waals surface area (Å²) < 4.78 is 15.4. The summed E-state index contributed by atoms with van der Waals surface area (Å²) in [6, 6.07) is 2.53. The molecule has 0 saturated heterocycles. The number of nitrogens with one attached hydrogen (secondary N) is 2. The summed E-state index contributed by atoms with van der Waals surface area (Å²) in [5, 5.41) is 6.54. The number of rotatable bonds is 2. The molecule has 2 N–H and O–H groups in total. The minimum absolute atomic E-state index is 0.0415. The minimum atomic E-state index is -0.559. The molecular formula is C13H9BrFN5O2. The molecule has 0 radical (unpaired) electrons. The number of carbonyl (C=O) groups excluding carboxylic acids is 1. The van der Waals surface area contributed by atoms with Crippen LogP contribution in [0, 0.1) is 5.82 Å². The van der Waals surface area contributed by atoms with Gasteiger partial charge in [0.2, 0.25) is 0 Å². The lowest BCUT2D eigenvalue weighted by Crippen LogP contribution is -2.23. The largest absolute Gasteiger partial charge is 0.344 e. The second kappa shape index (κ2) is 5.34. The van der Waals surface area contributed by atoms with Gasteiger partial charge < -0.3 is 10.3 Å². The molecule has 112 valence electrons. The predicted molar refractivity (Wildman–Crippen MR) is 81.2 cm³/mol. The molecule has 0 aromatic carbocycles. The average Bonchev–Trinajstić information content (AvgIpc) is 2.89. The third-order valence-corrected chi connectivity index (χ3v) is 3.59. The second-order valence-corrected chi connectivity index (χ2v) is 5.33. The molecular weight excluding hydrogens is 357 g/mol. The number of halogens is 2. The molecule has 0 atom stereocenters. The van der Waals surface area contributed by atoms with E-state index in [-0.39, 0.29) is 26.8 Å². The van der Waals surface area contributed by atoms with Crippen LogP contribution in [0.4, 0.5) is 10.1 Å². The number of H-pyrrole nitrogens is 1. The number of anilines is 1. The molecule has 0 spiro atoms. The number of pyridine rings is 1. The van der Waals surface area contributed by atoms with Crippen molar-refractivity contribution in [3.63, 3.8) is 0 Å². The van der Waals surface area contributed by atoms with E-state index in [2.05, 4.69) is 36.3 Å². The summed E-state index contributed by atoms with van der Waals surface area (Å²) in [4.78, 5) is 30.2. The fourth-order valence-electron chi connectivity index (χ4n) is 1.94. The maximum absolute atomic E-state index is 14.1. The average molecular weight is 366 g/mol. The standard InChI is InChI=1S/C13H9BrFN5O2/c1-20-9(21)3-2-7(19-20)13(22)18-8-5-17-12-10(8)11(15)6(14)4-16-12/h2-5H,1H3,(H,16,17)(H,18,22). The van der Waals surface area contributed by atoms with Crippen LogP contribution in [0.25, 0.3) is 11.0 Å². The fourth-order valence-corrected chi connectivity index (χ4v) is 2.24. The number of hydrogen-bond donors (Lipinski definition) is 2. The highest BCUT2D eigenvalue weighted by Crippen LogP contribution is 2.29. The monoisotopic (exact) mass is 365 g/mol. The zero-order valence-corrected chi connectivity index (χ0v) is 12.8. The molecule has 0 aliphatic rings. The van der Waals surface area contributed by atoms with Crippen LogP contribution < -0.4 is 10.9 Å². The lowest BCUT2D eigenvalue weighted by Gasteiger charge is -2.05. The first-order valence-electron chi connectivity index (χ1n) is 6.14. The Balaban J connectivity index is 1.99. The summed E-state index contributed by atoms with van der Waals surface area (Å²) in [5.41, 5.74) is 0.258. The molecule has 3 heterocycles. The Labute approximate surface area is 131 Å². The first-order chi connectivity index (χ1) is 10.5. The third-order valence-electron chi connectivity index (χ3n) is 3.04. The predicted octanol–water partition coefficient (Wildman–Crippen LogP) is 1.81. The van der Waals surface area contributed by atoms with Crippen molar-refractivity contribution in [2.45, 2.75) is 0 Å². The van der Waals surface area contributed by atoms with Crippen LogP contribution >= 0.6 is 15.9 Å². The van der Waals surface area contributed by atoms with Gasteiger partial charge in [-0.3, -0.25) is 9.59 Å². The smallest absolute Gasteiger partial charge is 0.276 e. The van der Waals surface area contributed by atoms with Crippen LogP contribution in [0.15, 0.2) is 33.8 Å². The van der Waals surface area contributed by atoms with E-state index in [1.54, 1.807) is 0 Å². The van der Waals surface area contributed by atoms with Crippen LogP contribution in [0.2, 0.25) is 0 Å². The maximum Gasteiger partial charge on any atom is 0.276 e. The molecule has 3 rings (SSSR count). The van der Waals surface area contributed by atoms with Crippen LogP contribution in [0.5, 0.6) is 0 Å². The van der Waals surface area contributed by atoms with Crippen LogP contribution in [0.1, 0.15) is 10.5 Å². The highest BCUT2D eigenvalue weighted by molar-refractivity contribution is 9.10. The van der Waals surface area contributed by atoms with Gasteiger partial charge in [0.15, 0.2) is 5.82 Å². The van der Waals surface area contributed by atoms with Gasteiger partial charge in [0.05, 0.1) is 15.5 Å². The first kappa shape index (κ1) is 14.4. The quantitative estimate of drug-likeness (QED) is 0.724. The fraction of sp³-hybridized carbons (Fsp3) is 0.0769. The number of carbonyl (C=O) groups is 1. The first-order valence-corrected chi connectivity index (χ1v) is 6.93. The van der Waals surface area contributed by atoms with Crippen molar-refractivity contribution in [2.75, 3.05) is 5.32 Å². The second-order valence-electron chi connectivity index (χ2n) is 4.48. The molecule has 3 aromatic rings. The molecule has 0 saturated carbocycles. The molecule has 0 unspecified atom stereocenters. The van der Waals surface area contributed by atoms with E-state index in [0.717, 1.165) is 4.68 Å². The maximum atomic E-state index is 14.1. The van der Waals surface area contributed by atoms with Crippen molar-refractivity contribution in [1.82, 2.24) is 19.7 Å². The number of aromatic amines is 1. The molecule has 22 heavy (non-hydrogen) atoms. The molecule has 0 fully saturated rings. The highest BCUT2D eigenvalue weighted by Gasteiger charge is 2.16. The van der Waals surface area contributed by atoms with Gasteiger partial charge in [-0.1, -0.05) is 0 Å². The van der Waals surface area contributed by atoms with Crippen molar-refractivity contribution in [2.24, 2.45) is 7.05 Å². The molecule has 0 bridgehead atoms. The van der Waals surface area contributed by atoms with Gasteiger partial charge in [0, 0.05) is 25.5 Å². The Bertz CT molecular complexity index is 949. The molecule has 0 aliphatic heterocycles. The van der Waals surface area contributed by atoms with Crippen molar-refractivity contribution in [1.29, 1.82) is 0 Å². The van der Waals surface area contributed by atoms with Gasteiger partial charge in [-0.05, 0) is 22.0 Å². The Morgan fingerprint density at radius 1 is 1.45 bits per heavy atom. The van der Waals surface area contributed by atoms with Crippen molar-refractivity contribution >= 4 is 38.6 Å². The SMILES string of the molecule is Cn1nc(C(=O)Nc2c[nH]c3ncc(Br)c(F)c23)ccc1=O. The van der Waals surface area contributed by atoms with Gasteiger partial charge in [0.25, 0.3) is 11.5 Å².